The van der Waals surface area contributed by atoms with Crippen molar-refractivity contribution in [2.75, 3.05) is 11.4 Å². The third kappa shape index (κ3) is 2.77. The van der Waals surface area contributed by atoms with E-state index in [-0.39, 0.29) is 23.4 Å². The number of para-hydroxylation sites is 2. The molecule has 0 radical (unpaired) electrons. The first-order valence-corrected chi connectivity index (χ1v) is 10.3. The Hall–Kier alpha value is -3.87. The van der Waals surface area contributed by atoms with Crippen LogP contribution in [-0.4, -0.2) is 40.3 Å². The van der Waals surface area contributed by atoms with Crippen LogP contribution in [0.2, 0.25) is 0 Å². The van der Waals surface area contributed by atoms with Crippen LogP contribution in [0.4, 0.5) is 10.5 Å². The van der Waals surface area contributed by atoms with Crippen molar-refractivity contribution in [2.45, 2.75) is 25.4 Å². The number of H-pyrrole nitrogens is 1. The van der Waals surface area contributed by atoms with E-state index in [0.717, 1.165) is 27.1 Å². The van der Waals surface area contributed by atoms with Crippen molar-refractivity contribution in [1.29, 1.82) is 0 Å². The Kier molecular flexibility index (Phi) is 4.39. The highest BCUT2D eigenvalue weighted by atomic mass is 16.2. The summed E-state index contributed by atoms with van der Waals surface area (Å²) in [7, 11) is 0. The SMILES string of the molecule is C=CCNC(=O)c1ccccc1N1C(=O)C2Cc3c([nH]c4ccccc34)C(C)N2C1=O. The molecular weight excluding hydrogens is 392 g/mol. The number of hydrogen-bond donors (Lipinski definition) is 2. The molecule has 7 nitrogen and oxygen atoms in total. The normalized spacial score (nSPS) is 20.0. The number of urea groups is 1. The van der Waals surface area contributed by atoms with Gasteiger partial charge in [-0.05, 0) is 30.7 Å². The summed E-state index contributed by atoms with van der Waals surface area (Å²) in [6.45, 7) is 5.82. The van der Waals surface area contributed by atoms with Crippen molar-refractivity contribution in [1.82, 2.24) is 15.2 Å². The summed E-state index contributed by atoms with van der Waals surface area (Å²) in [5.41, 5.74) is 3.61. The molecule has 5 rings (SSSR count). The molecule has 3 aromatic rings. The lowest BCUT2D eigenvalue weighted by Crippen LogP contribution is -2.42. The van der Waals surface area contributed by atoms with Crippen LogP contribution in [0.5, 0.6) is 0 Å². The van der Waals surface area contributed by atoms with Gasteiger partial charge in [0.1, 0.15) is 6.04 Å². The van der Waals surface area contributed by atoms with Crippen molar-refractivity contribution < 1.29 is 14.4 Å². The predicted molar refractivity (Wildman–Crippen MR) is 118 cm³/mol. The lowest BCUT2D eigenvalue weighted by atomic mass is 9.93. The molecule has 2 N–H and O–H groups in total. The molecular formula is C24H22N4O3. The number of amides is 4. The fourth-order valence-corrected chi connectivity index (χ4v) is 4.70. The average Bonchev–Trinajstić information content (AvgIpc) is 3.28. The predicted octanol–water partition coefficient (Wildman–Crippen LogP) is 3.54. The summed E-state index contributed by atoms with van der Waals surface area (Å²) in [5, 5.41) is 3.79. The van der Waals surface area contributed by atoms with E-state index in [1.54, 1.807) is 35.2 Å². The van der Waals surface area contributed by atoms with Crippen LogP contribution in [0.3, 0.4) is 0 Å². The summed E-state index contributed by atoms with van der Waals surface area (Å²) in [6.07, 6.45) is 2.02. The van der Waals surface area contributed by atoms with Crippen LogP contribution in [0.1, 0.15) is 34.6 Å². The second-order valence-corrected chi connectivity index (χ2v) is 7.84. The van der Waals surface area contributed by atoms with Crippen molar-refractivity contribution in [3.63, 3.8) is 0 Å². The number of anilines is 1. The van der Waals surface area contributed by atoms with E-state index in [1.165, 1.54) is 0 Å². The Morgan fingerprint density at radius 1 is 1.19 bits per heavy atom. The molecule has 1 saturated heterocycles. The highest BCUT2D eigenvalue weighted by Gasteiger charge is 2.52. The van der Waals surface area contributed by atoms with Gasteiger partial charge in [-0.1, -0.05) is 36.4 Å². The molecule has 0 aliphatic carbocycles. The molecule has 2 unspecified atom stereocenters. The van der Waals surface area contributed by atoms with Gasteiger partial charge < -0.3 is 15.2 Å². The Bertz CT molecular complexity index is 1240. The molecule has 3 heterocycles. The number of fused-ring (bicyclic) bond motifs is 4. The standard InChI is InChI=1S/C24H22N4O3/c1-3-12-25-22(29)16-9-5-7-11-19(16)28-23(30)20-13-17-15-8-4-6-10-18(15)26-21(17)14(2)27(20)24(28)31/h3-11,14,20,26H,1,12-13H2,2H3,(H,25,29). The number of nitrogens with one attached hydrogen (secondary N) is 2. The van der Waals surface area contributed by atoms with Crippen LogP contribution in [0.25, 0.3) is 10.9 Å². The van der Waals surface area contributed by atoms with Gasteiger partial charge >= 0.3 is 6.03 Å². The number of nitrogens with zero attached hydrogens (tertiary/aromatic N) is 2. The zero-order valence-electron chi connectivity index (χ0n) is 17.1. The molecule has 4 amide bonds. The van der Waals surface area contributed by atoms with Gasteiger partial charge in [0.15, 0.2) is 0 Å². The molecule has 2 atom stereocenters. The lowest BCUT2D eigenvalue weighted by Gasteiger charge is -2.33. The van der Waals surface area contributed by atoms with Gasteiger partial charge in [0.05, 0.1) is 17.3 Å². The third-order valence-electron chi connectivity index (χ3n) is 6.13. The average molecular weight is 414 g/mol. The van der Waals surface area contributed by atoms with Gasteiger partial charge in [-0.3, -0.25) is 9.59 Å². The zero-order valence-corrected chi connectivity index (χ0v) is 17.1. The number of aromatic amines is 1. The number of hydrogen-bond acceptors (Lipinski definition) is 3. The smallest absolute Gasteiger partial charge is 0.332 e. The molecule has 0 saturated carbocycles. The quantitative estimate of drug-likeness (QED) is 0.506. The van der Waals surface area contributed by atoms with E-state index in [1.807, 2.05) is 31.2 Å². The molecule has 2 aliphatic rings. The van der Waals surface area contributed by atoms with Gasteiger partial charge in [0.2, 0.25) is 0 Å². The van der Waals surface area contributed by atoms with Crippen LogP contribution >= 0.6 is 0 Å². The second kappa shape index (κ2) is 7.12. The molecule has 156 valence electrons. The van der Waals surface area contributed by atoms with Crippen LogP contribution in [-0.2, 0) is 11.2 Å². The van der Waals surface area contributed by atoms with Crippen LogP contribution < -0.4 is 10.2 Å². The summed E-state index contributed by atoms with van der Waals surface area (Å²) in [4.78, 5) is 45.7. The van der Waals surface area contributed by atoms with E-state index < -0.39 is 12.1 Å². The first kappa shape index (κ1) is 19.1. The van der Waals surface area contributed by atoms with Crippen LogP contribution in [0.15, 0.2) is 61.2 Å². The van der Waals surface area contributed by atoms with E-state index >= 15 is 0 Å². The summed E-state index contributed by atoms with van der Waals surface area (Å²) in [5.74, 6) is -0.665. The van der Waals surface area contributed by atoms with E-state index in [9.17, 15) is 14.4 Å². The topological polar surface area (TPSA) is 85.5 Å². The number of carbonyl (C=O) groups excluding carboxylic acids is 3. The Balaban J connectivity index is 1.55. The number of imide groups is 1. The number of rotatable bonds is 4. The fourth-order valence-electron chi connectivity index (χ4n) is 4.70. The van der Waals surface area contributed by atoms with Gasteiger partial charge in [-0.2, -0.15) is 0 Å². The molecule has 2 aromatic carbocycles. The molecule has 1 aromatic heterocycles. The maximum Gasteiger partial charge on any atom is 0.332 e. The van der Waals surface area contributed by atoms with Gasteiger partial charge in [0.25, 0.3) is 11.8 Å². The third-order valence-corrected chi connectivity index (χ3v) is 6.13. The molecule has 31 heavy (non-hydrogen) atoms. The van der Waals surface area contributed by atoms with Crippen LogP contribution in [0, 0.1) is 0 Å². The second-order valence-electron chi connectivity index (χ2n) is 7.84. The first-order valence-electron chi connectivity index (χ1n) is 10.3. The Labute approximate surface area is 179 Å². The van der Waals surface area contributed by atoms with E-state index in [4.69, 9.17) is 0 Å². The van der Waals surface area contributed by atoms with Gasteiger partial charge in [-0.25, -0.2) is 9.69 Å². The summed E-state index contributed by atoms with van der Waals surface area (Å²) in [6, 6.07) is 13.4. The number of benzene rings is 2. The zero-order chi connectivity index (χ0) is 21.7. The molecule has 7 heteroatoms. The molecule has 0 spiro atoms. The number of carbonyl (C=O) groups is 3. The van der Waals surface area contributed by atoms with Gasteiger partial charge in [0, 0.05) is 29.6 Å². The van der Waals surface area contributed by atoms with Gasteiger partial charge in [-0.15, -0.1) is 6.58 Å². The van der Waals surface area contributed by atoms with Crippen molar-refractivity contribution in [2.24, 2.45) is 0 Å². The summed E-state index contributed by atoms with van der Waals surface area (Å²) < 4.78 is 0. The highest BCUT2D eigenvalue weighted by molar-refractivity contribution is 6.24. The first-order chi connectivity index (χ1) is 15.0. The summed E-state index contributed by atoms with van der Waals surface area (Å²) >= 11 is 0. The minimum Gasteiger partial charge on any atom is -0.356 e. The largest absolute Gasteiger partial charge is 0.356 e. The highest BCUT2D eigenvalue weighted by Crippen LogP contribution is 2.42. The maximum atomic E-state index is 13.5. The fraction of sp³-hybridized carbons (Fsp3) is 0.208. The van der Waals surface area contributed by atoms with Crippen molar-refractivity contribution in [3.05, 3.63) is 78.0 Å². The minimum absolute atomic E-state index is 0.280. The monoisotopic (exact) mass is 414 g/mol. The van der Waals surface area contributed by atoms with Crippen molar-refractivity contribution >= 4 is 34.4 Å². The molecule has 2 aliphatic heterocycles. The van der Waals surface area contributed by atoms with E-state index in [2.05, 4.69) is 16.9 Å². The molecule has 0 bridgehead atoms. The minimum atomic E-state index is -0.599. The Morgan fingerprint density at radius 3 is 2.74 bits per heavy atom. The number of aromatic nitrogens is 1. The Morgan fingerprint density at radius 2 is 1.94 bits per heavy atom. The molecule has 1 fully saturated rings. The van der Waals surface area contributed by atoms with E-state index in [0.29, 0.717) is 18.7 Å². The van der Waals surface area contributed by atoms with Crippen molar-refractivity contribution in [3.8, 4) is 0 Å². The lowest BCUT2D eigenvalue weighted by molar-refractivity contribution is -0.120. The maximum absolute atomic E-state index is 13.5.